The summed E-state index contributed by atoms with van der Waals surface area (Å²) in [6.45, 7) is 13.7. The largest absolute Gasteiger partial charge is 0.377 e. The van der Waals surface area contributed by atoms with Crippen molar-refractivity contribution in [3.05, 3.63) is 0 Å². The Balaban J connectivity index is 1.93. The van der Waals surface area contributed by atoms with Gasteiger partial charge in [-0.1, -0.05) is 0 Å². The third-order valence-electron chi connectivity index (χ3n) is 4.43. The van der Waals surface area contributed by atoms with E-state index in [0.29, 0.717) is 17.7 Å². The summed E-state index contributed by atoms with van der Waals surface area (Å²) < 4.78 is 12.0. The zero-order valence-electron chi connectivity index (χ0n) is 13.4. The van der Waals surface area contributed by atoms with Gasteiger partial charge in [-0.05, 0) is 66.8 Å². The Bertz CT molecular complexity index is 298. The van der Waals surface area contributed by atoms with Crippen molar-refractivity contribution in [3.63, 3.8) is 0 Å². The molecule has 0 N–H and O–H groups in total. The molecule has 0 radical (unpaired) electrons. The molecule has 2 heterocycles. The average molecular weight is 269 g/mol. The number of rotatable bonds is 5. The van der Waals surface area contributed by atoms with E-state index in [1.165, 1.54) is 32.2 Å². The lowest BCUT2D eigenvalue weighted by Crippen LogP contribution is -2.48. The summed E-state index contributed by atoms with van der Waals surface area (Å²) in [5.74, 6) is 0. The molecule has 0 aromatic carbocycles. The maximum absolute atomic E-state index is 6.11. The van der Waals surface area contributed by atoms with Crippen molar-refractivity contribution in [2.45, 2.75) is 83.6 Å². The molecule has 0 saturated carbocycles. The van der Waals surface area contributed by atoms with Crippen molar-refractivity contribution in [2.24, 2.45) is 0 Å². The van der Waals surface area contributed by atoms with Crippen LogP contribution < -0.4 is 0 Å². The lowest BCUT2D eigenvalue weighted by Gasteiger charge is -2.37. The summed E-state index contributed by atoms with van der Waals surface area (Å²) in [6.07, 6.45) is 5.48. The van der Waals surface area contributed by atoms with Crippen LogP contribution >= 0.6 is 0 Å². The van der Waals surface area contributed by atoms with Crippen LogP contribution in [0.2, 0.25) is 0 Å². The molecule has 3 nitrogen and oxygen atoms in total. The van der Waals surface area contributed by atoms with Gasteiger partial charge in [-0.2, -0.15) is 0 Å². The van der Waals surface area contributed by atoms with Crippen LogP contribution in [0.15, 0.2) is 0 Å². The molecule has 0 spiro atoms. The predicted octanol–water partition coefficient (Wildman–Crippen LogP) is 3.22. The highest BCUT2D eigenvalue weighted by Gasteiger charge is 2.49. The van der Waals surface area contributed by atoms with Gasteiger partial charge in [0.05, 0.1) is 24.9 Å². The van der Waals surface area contributed by atoms with Crippen LogP contribution in [0.5, 0.6) is 0 Å². The smallest absolute Gasteiger partial charge is 0.0657 e. The number of ether oxygens (including phenoxy) is 2. The van der Waals surface area contributed by atoms with Crippen molar-refractivity contribution < 1.29 is 9.47 Å². The number of hydrogen-bond donors (Lipinski definition) is 0. The number of hydrogen-bond acceptors (Lipinski definition) is 3. The Labute approximate surface area is 118 Å². The molecule has 3 heteroatoms. The molecule has 0 amide bonds. The summed E-state index contributed by atoms with van der Waals surface area (Å²) in [5, 5.41) is 0. The summed E-state index contributed by atoms with van der Waals surface area (Å²) in [5.41, 5.74) is 0.272. The highest BCUT2D eigenvalue weighted by atomic mass is 16.5. The minimum atomic E-state index is -0.0322. The SMILES string of the molecule is CC(C)OC[C@@H]1CC[C@]2(COC(C)(C)C)CCCN12. The molecular weight excluding hydrogens is 238 g/mol. The molecule has 2 aliphatic heterocycles. The van der Waals surface area contributed by atoms with Crippen LogP contribution in [0, 0.1) is 0 Å². The van der Waals surface area contributed by atoms with Crippen molar-refractivity contribution in [1.29, 1.82) is 0 Å². The Morgan fingerprint density at radius 3 is 2.63 bits per heavy atom. The molecule has 2 rings (SSSR count). The van der Waals surface area contributed by atoms with Gasteiger partial charge in [0, 0.05) is 11.6 Å². The second-order valence-electron chi connectivity index (χ2n) is 7.50. The highest BCUT2D eigenvalue weighted by molar-refractivity contribution is 5.04. The maximum atomic E-state index is 6.11. The third-order valence-corrected chi connectivity index (χ3v) is 4.43. The van der Waals surface area contributed by atoms with E-state index in [-0.39, 0.29) is 5.60 Å². The van der Waals surface area contributed by atoms with Gasteiger partial charge in [-0.3, -0.25) is 4.90 Å². The van der Waals surface area contributed by atoms with Crippen molar-refractivity contribution >= 4 is 0 Å². The molecular formula is C16H31NO2. The van der Waals surface area contributed by atoms with Crippen molar-refractivity contribution in [3.8, 4) is 0 Å². The van der Waals surface area contributed by atoms with Gasteiger partial charge in [0.25, 0.3) is 0 Å². The zero-order valence-corrected chi connectivity index (χ0v) is 13.4. The molecule has 2 aliphatic rings. The fourth-order valence-electron chi connectivity index (χ4n) is 3.44. The summed E-state index contributed by atoms with van der Waals surface area (Å²) in [6, 6.07) is 0.605. The molecule has 0 unspecified atom stereocenters. The van der Waals surface area contributed by atoms with Crippen LogP contribution in [0.1, 0.15) is 60.3 Å². The van der Waals surface area contributed by atoms with Gasteiger partial charge in [0.2, 0.25) is 0 Å². The summed E-state index contributed by atoms with van der Waals surface area (Å²) in [4.78, 5) is 2.68. The van der Waals surface area contributed by atoms with Crippen LogP contribution in [0.25, 0.3) is 0 Å². The van der Waals surface area contributed by atoms with E-state index < -0.39 is 0 Å². The first-order valence-electron chi connectivity index (χ1n) is 7.85. The first-order valence-corrected chi connectivity index (χ1v) is 7.85. The van der Waals surface area contributed by atoms with Gasteiger partial charge >= 0.3 is 0 Å². The van der Waals surface area contributed by atoms with Gasteiger partial charge in [-0.25, -0.2) is 0 Å². The Hall–Kier alpha value is -0.120. The van der Waals surface area contributed by atoms with Gasteiger partial charge in [-0.15, -0.1) is 0 Å². The van der Waals surface area contributed by atoms with E-state index >= 15 is 0 Å². The fraction of sp³-hybridized carbons (Fsp3) is 1.00. The molecule has 2 atom stereocenters. The molecule has 0 aromatic rings. The van der Waals surface area contributed by atoms with E-state index in [1.54, 1.807) is 0 Å². The average Bonchev–Trinajstić information content (AvgIpc) is 2.81. The Kier molecular flexibility index (Phi) is 4.59. The first kappa shape index (κ1) is 15.3. The van der Waals surface area contributed by atoms with Crippen LogP contribution in [-0.2, 0) is 9.47 Å². The van der Waals surface area contributed by atoms with E-state index in [2.05, 4.69) is 39.5 Å². The fourth-order valence-corrected chi connectivity index (χ4v) is 3.44. The quantitative estimate of drug-likeness (QED) is 0.765. The molecule has 2 fully saturated rings. The predicted molar refractivity (Wildman–Crippen MR) is 78.5 cm³/mol. The molecule has 0 aliphatic carbocycles. The van der Waals surface area contributed by atoms with E-state index in [0.717, 1.165) is 13.2 Å². The van der Waals surface area contributed by atoms with Gasteiger partial charge in [0.15, 0.2) is 0 Å². The minimum absolute atomic E-state index is 0.0322. The summed E-state index contributed by atoms with van der Waals surface area (Å²) in [7, 11) is 0. The van der Waals surface area contributed by atoms with Crippen molar-refractivity contribution in [1.82, 2.24) is 4.90 Å². The molecule has 0 bridgehead atoms. The molecule has 0 aromatic heterocycles. The molecule has 2 saturated heterocycles. The topological polar surface area (TPSA) is 21.7 Å². The van der Waals surface area contributed by atoms with Gasteiger partial charge in [0.1, 0.15) is 0 Å². The molecule has 19 heavy (non-hydrogen) atoms. The van der Waals surface area contributed by atoms with E-state index in [1.807, 2.05) is 0 Å². The third kappa shape index (κ3) is 3.71. The standard InChI is InChI=1S/C16H31NO2/c1-13(2)18-11-14-7-9-16(8-6-10-17(14)16)12-19-15(3,4)5/h13-14H,6-12H2,1-5H3/t14-,16-/m0/s1. The lowest BCUT2D eigenvalue weighted by atomic mass is 9.95. The second-order valence-corrected chi connectivity index (χ2v) is 7.50. The minimum Gasteiger partial charge on any atom is -0.377 e. The first-order chi connectivity index (χ1) is 8.82. The Morgan fingerprint density at radius 1 is 1.26 bits per heavy atom. The van der Waals surface area contributed by atoms with E-state index in [4.69, 9.17) is 9.47 Å². The monoisotopic (exact) mass is 269 g/mol. The van der Waals surface area contributed by atoms with E-state index in [9.17, 15) is 0 Å². The normalized spacial score (nSPS) is 32.2. The van der Waals surface area contributed by atoms with Crippen LogP contribution in [0.3, 0.4) is 0 Å². The second kappa shape index (κ2) is 5.71. The van der Waals surface area contributed by atoms with Crippen LogP contribution in [-0.4, -0.2) is 47.9 Å². The zero-order chi connectivity index (χ0) is 14.1. The van der Waals surface area contributed by atoms with Gasteiger partial charge < -0.3 is 9.47 Å². The van der Waals surface area contributed by atoms with Crippen LogP contribution in [0.4, 0.5) is 0 Å². The highest BCUT2D eigenvalue weighted by Crippen LogP contribution is 2.43. The van der Waals surface area contributed by atoms with Crippen molar-refractivity contribution in [2.75, 3.05) is 19.8 Å². The number of fused-ring (bicyclic) bond motifs is 1. The maximum Gasteiger partial charge on any atom is 0.0657 e. The molecule has 112 valence electrons. The number of nitrogens with zero attached hydrogens (tertiary/aromatic N) is 1. The summed E-state index contributed by atoms with van der Waals surface area (Å²) >= 11 is 0. The lowest BCUT2D eigenvalue weighted by molar-refractivity contribution is -0.0627. The Morgan fingerprint density at radius 2 is 2.00 bits per heavy atom.